The minimum atomic E-state index is -1.02. The predicted molar refractivity (Wildman–Crippen MR) is 171 cm³/mol. The SMILES string of the molecule is CC(C)CCN(CCC(C)C)C(=O)c1ccc2nc(C(=O)Nc3ccc(C(=O)O)cc3)n(CCCN3CCCCC3)c2c1. The fraction of sp³-hybridized carbons (Fsp3) is 0.529. The number of likely N-dealkylation sites (tertiary alicyclic amines) is 1. The van der Waals surface area contributed by atoms with Gasteiger partial charge in [0.15, 0.2) is 5.82 Å². The number of carbonyl (C=O) groups excluding carboxylic acids is 2. The van der Waals surface area contributed by atoms with E-state index in [1.54, 1.807) is 12.1 Å². The molecule has 0 unspecified atom stereocenters. The van der Waals surface area contributed by atoms with Gasteiger partial charge < -0.3 is 24.8 Å². The van der Waals surface area contributed by atoms with Gasteiger partial charge in [-0.15, -0.1) is 0 Å². The van der Waals surface area contributed by atoms with Crippen molar-refractivity contribution < 1.29 is 19.5 Å². The first kappa shape index (κ1) is 32.2. The number of amides is 2. The van der Waals surface area contributed by atoms with Crippen LogP contribution in [0.2, 0.25) is 0 Å². The highest BCUT2D eigenvalue weighted by Gasteiger charge is 2.22. The van der Waals surface area contributed by atoms with E-state index in [-0.39, 0.29) is 23.2 Å². The Balaban J connectivity index is 1.62. The van der Waals surface area contributed by atoms with E-state index in [1.165, 1.54) is 31.4 Å². The van der Waals surface area contributed by atoms with Gasteiger partial charge in [0, 0.05) is 30.9 Å². The summed E-state index contributed by atoms with van der Waals surface area (Å²) in [6.07, 6.45) is 6.46. The fourth-order valence-electron chi connectivity index (χ4n) is 5.50. The lowest BCUT2D eigenvalue weighted by molar-refractivity contribution is 0.0695. The lowest BCUT2D eigenvalue weighted by Crippen LogP contribution is -2.34. The van der Waals surface area contributed by atoms with E-state index < -0.39 is 5.97 Å². The number of hydrogen-bond acceptors (Lipinski definition) is 5. The molecule has 0 saturated carbocycles. The second kappa shape index (κ2) is 15.1. The fourth-order valence-corrected chi connectivity index (χ4v) is 5.50. The van der Waals surface area contributed by atoms with Crippen LogP contribution in [0.4, 0.5) is 5.69 Å². The van der Waals surface area contributed by atoms with Gasteiger partial charge in [0.2, 0.25) is 0 Å². The maximum absolute atomic E-state index is 13.8. The molecule has 0 radical (unpaired) electrons. The smallest absolute Gasteiger partial charge is 0.335 e. The third-order valence-electron chi connectivity index (χ3n) is 8.13. The number of hydrogen-bond donors (Lipinski definition) is 2. The maximum Gasteiger partial charge on any atom is 0.335 e. The van der Waals surface area contributed by atoms with Gasteiger partial charge in [-0.1, -0.05) is 34.1 Å². The summed E-state index contributed by atoms with van der Waals surface area (Å²) in [7, 11) is 0. The molecule has 9 heteroatoms. The summed E-state index contributed by atoms with van der Waals surface area (Å²) in [6, 6.07) is 11.6. The zero-order chi connectivity index (χ0) is 30.9. The molecule has 1 aliphatic rings. The van der Waals surface area contributed by atoms with Gasteiger partial charge in [0.1, 0.15) is 0 Å². The van der Waals surface area contributed by atoms with E-state index in [4.69, 9.17) is 4.98 Å². The molecule has 0 aliphatic carbocycles. The highest BCUT2D eigenvalue weighted by molar-refractivity contribution is 6.05. The second-order valence-electron chi connectivity index (χ2n) is 12.5. The van der Waals surface area contributed by atoms with Gasteiger partial charge in [-0.3, -0.25) is 9.59 Å². The normalized spacial score (nSPS) is 14.0. The van der Waals surface area contributed by atoms with Crippen molar-refractivity contribution in [3.63, 3.8) is 0 Å². The van der Waals surface area contributed by atoms with Crippen LogP contribution in [0.3, 0.4) is 0 Å². The number of anilines is 1. The topological polar surface area (TPSA) is 108 Å². The van der Waals surface area contributed by atoms with E-state index in [0.29, 0.717) is 48.2 Å². The molecular formula is C34H47N5O4. The molecule has 2 amide bonds. The minimum Gasteiger partial charge on any atom is -0.478 e. The van der Waals surface area contributed by atoms with Crippen molar-refractivity contribution >= 4 is 34.5 Å². The lowest BCUT2D eigenvalue weighted by atomic mass is 10.1. The first-order valence-electron chi connectivity index (χ1n) is 15.8. The van der Waals surface area contributed by atoms with Crippen LogP contribution in [-0.4, -0.2) is 75.0 Å². The molecule has 0 spiro atoms. The van der Waals surface area contributed by atoms with E-state index in [2.05, 4.69) is 37.9 Å². The van der Waals surface area contributed by atoms with Crippen molar-refractivity contribution in [3.05, 3.63) is 59.4 Å². The molecule has 43 heavy (non-hydrogen) atoms. The van der Waals surface area contributed by atoms with Crippen molar-refractivity contribution in [3.8, 4) is 0 Å². The lowest BCUT2D eigenvalue weighted by Gasteiger charge is -2.26. The molecule has 1 fully saturated rings. The summed E-state index contributed by atoms with van der Waals surface area (Å²) in [6.45, 7) is 13.9. The van der Waals surface area contributed by atoms with Gasteiger partial charge in [0.25, 0.3) is 11.8 Å². The number of aryl methyl sites for hydroxylation is 1. The second-order valence-corrected chi connectivity index (χ2v) is 12.5. The van der Waals surface area contributed by atoms with E-state index in [9.17, 15) is 19.5 Å². The number of rotatable bonds is 14. The van der Waals surface area contributed by atoms with Crippen molar-refractivity contribution in [2.45, 2.75) is 72.8 Å². The number of carbonyl (C=O) groups is 3. The number of aromatic carboxylic acids is 1. The largest absolute Gasteiger partial charge is 0.478 e. The van der Waals surface area contributed by atoms with Gasteiger partial charge in [-0.05, 0) is 106 Å². The number of benzene rings is 2. The third kappa shape index (κ3) is 8.89. The van der Waals surface area contributed by atoms with E-state index in [0.717, 1.165) is 44.4 Å². The number of piperidine rings is 1. The van der Waals surface area contributed by atoms with Crippen LogP contribution in [0.5, 0.6) is 0 Å². The summed E-state index contributed by atoms with van der Waals surface area (Å²) in [4.78, 5) is 47.7. The Labute approximate surface area is 255 Å². The molecule has 1 saturated heterocycles. The Hall–Kier alpha value is -3.72. The first-order valence-corrected chi connectivity index (χ1v) is 15.8. The number of aromatic nitrogens is 2. The van der Waals surface area contributed by atoms with Crippen molar-refractivity contribution in [2.24, 2.45) is 11.8 Å². The number of nitrogens with one attached hydrogen (secondary N) is 1. The van der Waals surface area contributed by atoms with Crippen molar-refractivity contribution in [1.29, 1.82) is 0 Å². The van der Waals surface area contributed by atoms with Crippen LogP contribution in [0.1, 0.15) is 97.6 Å². The molecule has 2 aromatic carbocycles. The highest BCUT2D eigenvalue weighted by Crippen LogP contribution is 2.22. The van der Waals surface area contributed by atoms with Crippen LogP contribution in [0, 0.1) is 11.8 Å². The molecule has 0 bridgehead atoms. The molecule has 9 nitrogen and oxygen atoms in total. The Bertz CT molecular complexity index is 1380. The van der Waals surface area contributed by atoms with Gasteiger partial charge in [-0.2, -0.15) is 0 Å². The molecule has 0 atom stereocenters. The standard InChI is InChI=1S/C34H47N5O4/c1-24(2)15-21-38(22-16-25(3)4)33(41)27-11-14-29-30(23-27)39(20-8-19-37-17-6-5-7-18-37)31(36-29)32(40)35-28-12-9-26(10-13-28)34(42)43/h9-14,23-25H,5-8,15-22H2,1-4H3,(H,35,40)(H,42,43). The number of nitrogens with zero attached hydrogens (tertiary/aromatic N) is 4. The Morgan fingerprint density at radius 2 is 1.51 bits per heavy atom. The average Bonchev–Trinajstić information content (AvgIpc) is 3.35. The zero-order valence-electron chi connectivity index (χ0n) is 26.1. The van der Waals surface area contributed by atoms with Crippen LogP contribution in [0.25, 0.3) is 11.0 Å². The molecule has 4 rings (SSSR count). The number of carboxylic acids is 1. The van der Waals surface area contributed by atoms with E-state index >= 15 is 0 Å². The van der Waals surface area contributed by atoms with Gasteiger partial charge in [-0.25, -0.2) is 9.78 Å². The quantitative estimate of drug-likeness (QED) is 0.225. The zero-order valence-corrected chi connectivity index (χ0v) is 26.1. The number of fused-ring (bicyclic) bond motifs is 1. The summed E-state index contributed by atoms with van der Waals surface area (Å²) in [5.41, 5.74) is 2.67. The third-order valence-corrected chi connectivity index (χ3v) is 8.13. The predicted octanol–water partition coefficient (Wildman–Crippen LogP) is 6.40. The van der Waals surface area contributed by atoms with Crippen LogP contribution in [0.15, 0.2) is 42.5 Å². The first-order chi connectivity index (χ1) is 20.6. The molecule has 3 aromatic rings. The summed E-state index contributed by atoms with van der Waals surface area (Å²) in [5.74, 6) is -0.115. The number of carboxylic acid groups (broad SMARTS) is 1. The van der Waals surface area contributed by atoms with Gasteiger partial charge in [0.05, 0.1) is 16.6 Å². The molecule has 2 N–H and O–H groups in total. The molecule has 1 aromatic heterocycles. The maximum atomic E-state index is 13.8. The number of imidazole rings is 1. The highest BCUT2D eigenvalue weighted by atomic mass is 16.4. The van der Waals surface area contributed by atoms with Crippen molar-refractivity contribution in [2.75, 3.05) is 38.0 Å². The Kier molecular flexibility index (Phi) is 11.3. The van der Waals surface area contributed by atoms with E-state index in [1.807, 2.05) is 27.7 Å². The summed E-state index contributed by atoms with van der Waals surface area (Å²) in [5, 5.41) is 12.1. The molecular weight excluding hydrogens is 542 g/mol. The Morgan fingerprint density at radius 3 is 2.12 bits per heavy atom. The minimum absolute atomic E-state index is 0.00814. The van der Waals surface area contributed by atoms with Crippen LogP contribution >= 0.6 is 0 Å². The summed E-state index contributed by atoms with van der Waals surface area (Å²) < 4.78 is 1.93. The Morgan fingerprint density at radius 1 is 0.884 bits per heavy atom. The average molecular weight is 590 g/mol. The molecule has 2 heterocycles. The molecule has 232 valence electrons. The van der Waals surface area contributed by atoms with Gasteiger partial charge >= 0.3 is 5.97 Å². The molecule has 1 aliphatic heterocycles. The monoisotopic (exact) mass is 589 g/mol. The summed E-state index contributed by atoms with van der Waals surface area (Å²) >= 11 is 0. The van der Waals surface area contributed by atoms with Crippen molar-refractivity contribution in [1.82, 2.24) is 19.4 Å². The van der Waals surface area contributed by atoms with Crippen LogP contribution < -0.4 is 5.32 Å². The van der Waals surface area contributed by atoms with Crippen LogP contribution in [-0.2, 0) is 6.54 Å².